The van der Waals surface area contributed by atoms with Gasteiger partial charge in [0.15, 0.2) is 5.78 Å². The second-order valence-electron chi connectivity index (χ2n) is 14.5. The largest absolute Gasteiger partial charge is 0.445 e. The number of piperidine rings is 1. The molecule has 0 bridgehead atoms. The number of hydrogen-bond donors (Lipinski definition) is 4. The number of hydrogen-bond acceptors (Lipinski definition) is 11. The number of Topliss-reactive ketones (excluding diaryl/α,β-unsaturated/α-hetero) is 1. The quantitative estimate of drug-likeness (QED) is 0.0752. The summed E-state index contributed by atoms with van der Waals surface area (Å²) in [4.78, 5) is 67.4. The molecule has 0 unspecified atom stereocenters. The van der Waals surface area contributed by atoms with Crippen LogP contribution < -0.4 is 26.2 Å². The van der Waals surface area contributed by atoms with Crippen LogP contribution in [0.4, 0.5) is 11.7 Å². The number of nitrogens with two attached hydrogens (primary N) is 1. The van der Waals surface area contributed by atoms with Gasteiger partial charge in [0.05, 0.1) is 24.1 Å². The van der Waals surface area contributed by atoms with E-state index in [0.717, 1.165) is 35.4 Å². The topological polar surface area (TPSA) is 192 Å². The highest BCUT2D eigenvalue weighted by Crippen LogP contribution is 2.32. The van der Waals surface area contributed by atoms with E-state index < -0.39 is 5.54 Å². The molecule has 5 heterocycles. The number of aryl methyl sites for hydroxylation is 1. The van der Waals surface area contributed by atoms with E-state index in [2.05, 4.69) is 37.1 Å². The Hall–Kier alpha value is -5.09. The SMILES string of the molecule is C=CC(=O)N1CCN(c2ccc(CCC(=O)NCCOCCNCC[C@H](CCC(=O)C3(N)CCN(c4ncnc5[nH]ccc45)CC3)c3ccc(Cl)cc3)o2)C(=O)C1. The second-order valence-corrected chi connectivity index (χ2v) is 15.0. The number of halogens is 1. The molecule has 3 aromatic heterocycles. The van der Waals surface area contributed by atoms with Crippen LogP contribution in [-0.2, 0) is 30.3 Å². The van der Waals surface area contributed by atoms with Gasteiger partial charge in [0.25, 0.3) is 0 Å². The van der Waals surface area contributed by atoms with E-state index in [0.29, 0.717) is 101 Å². The number of furan rings is 1. The van der Waals surface area contributed by atoms with Gasteiger partial charge in [-0.25, -0.2) is 9.97 Å². The maximum atomic E-state index is 13.6. The zero-order chi connectivity index (χ0) is 40.2. The Bertz CT molecular complexity index is 1990. The van der Waals surface area contributed by atoms with Crippen molar-refractivity contribution in [1.82, 2.24) is 30.5 Å². The van der Waals surface area contributed by atoms with Crippen molar-refractivity contribution in [3.63, 3.8) is 0 Å². The molecule has 3 amide bonds. The maximum Gasteiger partial charge on any atom is 0.248 e. The summed E-state index contributed by atoms with van der Waals surface area (Å²) in [5.41, 5.74) is 7.83. The first-order valence-electron chi connectivity index (χ1n) is 19.6. The number of aromatic amines is 1. The molecule has 0 spiro atoms. The standard InChI is InChI=1S/C41H52ClN9O6/c1-2-36(54)50-23-24-51(37(55)27-50)38-12-9-32(57-38)8-11-35(53)45-20-26-56-25-19-44-17-13-30(29-3-6-31(42)7-4-29)5-10-34(52)41(43)15-21-49(22-16-41)40-33-14-18-46-39(33)47-28-48-40/h2-4,6-7,9,12,14,18,28,30,44H,1,5,8,10-11,13,15-17,19-27,43H2,(H,45,53)(H,46,47,48)/t30-/m0/s1. The number of rotatable bonds is 20. The Morgan fingerprint density at radius 2 is 1.79 bits per heavy atom. The van der Waals surface area contributed by atoms with Crippen molar-refractivity contribution in [1.29, 1.82) is 0 Å². The predicted molar refractivity (Wildman–Crippen MR) is 218 cm³/mol. The summed E-state index contributed by atoms with van der Waals surface area (Å²) in [5, 5.41) is 7.94. The van der Waals surface area contributed by atoms with E-state index in [1.807, 2.05) is 36.5 Å². The molecule has 304 valence electrons. The number of ether oxygens (including phenoxy) is 1. The predicted octanol–water partition coefficient (Wildman–Crippen LogP) is 3.74. The Morgan fingerprint density at radius 1 is 1.00 bits per heavy atom. The van der Waals surface area contributed by atoms with Crippen molar-refractivity contribution in [2.45, 2.75) is 56.4 Å². The lowest BCUT2D eigenvalue weighted by molar-refractivity contribution is -0.133. The molecule has 2 fully saturated rings. The van der Waals surface area contributed by atoms with Crippen molar-refractivity contribution < 1.29 is 28.3 Å². The molecule has 4 aromatic rings. The smallest absolute Gasteiger partial charge is 0.248 e. The summed E-state index contributed by atoms with van der Waals surface area (Å²) in [6, 6.07) is 13.3. The molecule has 5 N–H and O–H groups in total. The summed E-state index contributed by atoms with van der Waals surface area (Å²) < 4.78 is 11.5. The van der Waals surface area contributed by atoms with Gasteiger partial charge in [0.2, 0.25) is 23.6 Å². The van der Waals surface area contributed by atoms with Crippen LogP contribution >= 0.6 is 11.6 Å². The van der Waals surface area contributed by atoms with Crippen molar-refractivity contribution >= 4 is 57.8 Å². The van der Waals surface area contributed by atoms with Crippen LogP contribution in [-0.4, -0.2) is 114 Å². The molecule has 2 saturated heterocycles. The number of H-pyrrole nitrogens is 1. The normalized spacial score (nSPS) is 16.2. The van der Waals surface area contributed by atoms with Crippen LogP contribution in [0.5, 0.6) is 0 Å². The molecule has 0 radical (unpaired) electrons. The zero-order valence-electron chi connectivity index (χ0n) is 32.2. The van der Waals surface area contributed by atoms with Crippen LogP contribution in [0, 0.1) is 0 Å². The Morgan fingerprint density at radius 3 is 2.56 bits per heavy atom. The van der Waals surface area contributed by atoms with Crippen LogP contribution in [0.25, 0.3) is 11.0 Å². The summed E-state index contributed by atoms with van der Waals surface area (Å²) in [5.74, 6) is 1.49. The summed E-state index contributed by atoms with van der Waals surface area (Å²) >= 11 is 6.19. The van der Waals surface area contributed by atoms with Gasteiger partial charge in [-0.1, -0.05) is 30.3 Å². The van der Waals surface area contributed by atoms with Gasteiger partial charge in [-0.05, 0) is 74.1 Å². The molecule has 0 saturated carbocycles. The van der Waals surface area contributed by atoms with E-state index in [1.54, 1.807) is 18.5 Å². The average molecular weight is 802 g/mol. The number of ketones is 1. The van der Waals surface area contributed by atoms with E-state index in [4.69, 9.17) is 26.5 Å². The van der Waals surface area contributed by atoms with Crippen LogP contribution in [0.3, 0.4) is 0 Å². The minimum absolute atomic E-state index is 0.0301. The number of nitrogens with one attached hydrogen (secondary N) is 3. The first-order valence-corrected chi connectivity index (χ1v) is 20.0. The van der Waals surface area contributed by atoms with Gasteiger partial charge in [-0.2, -0.15) is 0 Å². The van der Waals surface area contributed by atoms with Crippen molar-refractivity contribution in [2.75, 3.05) is 75.4 Å². The van der Waals surface area contributed by atoms with E-state index >= 15 is 0 Å². The van der Waals surface area contributed by atoms with E-state index in [-0.39, 0.29) is 42.4 Å². The molecular formula is C41H52ClN9O6. The Labute approximate surface area is 337 Å². The van der Waals surface area contributed by atoms with Crippen LogP contribution in [0.1, 0.15) is 55.8 Å². The summed E-state index contributed by atoms with van der Waals surface area (Å²) in [7, 11) is 0. The fourth-order valence-electron chi connectivity index (χ4n) is 7.38. The first-order chi connectivity index (χ1) is 27.6. The number of benzene rings is 1. The lowest BCUT2D eigenvalue weighted by Crippen LogP contribution is -2.55. The monoisotopic (exact) mass is 801 g/mol. The molecule has 15 nitrogen and oxygen atoms in total. The number of piperazine rings is 1. The van der Waals surface area contributed by atoms with Crippen molar-refractivity contribution in [2.24, 2.45) is 5.73 Å². The van der Waals surface area contributed by atoms with Gasteiger partial charge < -0.3 is 40.3 Å². The third-order valence-electron chi connectivity index (χ3n) is 10.8. The summed E-state index contributed by atoms with van der Waals surface area (Å²) in [6.45, 7) is 8.10. The highest BCUT2D eigenvalue weighted by atomic mass is 35.5. The number of amides is 3. The van der Waals surface area contributed by atoms with Crippen molar-refractivity contribution in [3.8, 4) is 0 Å². The second kappa shape index (κ2) is 19.9. The van der Waals surface area contributed by atoms with E-state index in [1.165, 1.54) is 15.9 Å². The van der Waals surface area contributed by atoms with Gasteiger partial charge in [0, 0.05) is 75.8 Å². The third kappa shape index (κ3) is 11.1. The number of anilines is 2. The van der Waals surface area contributed by atoms with Gasteiger partial charge in [-0.3, -0.25) is 24.1 Å². The number of nitrogens with zero attached hydrogens (tertiary/aromatic N) is 5. The molecule has 1 aromatic carbocycles. The molecule has 6 rings (SSSR count). The maximum absolute atomic E-state index is 13.6. The fourth-order valence-corrected chi connectivity index (χ4v) is 7.50. The Kier molecular flexibility index (Phi) is 14.5. The van der Waals surface area contributed by atoms with Crippen LogP contribution in [0.2, 0.25) is 5.02 Å². The Balaban J connectivity index is 0.847. The number of aromatic nitrogens is 3. The van der Waals surface area contributed by atoms with Gasteiger partial charge in [0.1, 0.15) is 30.1 Å². The van der Waals surface area contributed by atoms with E-state index in [9.17, 15) is 19.2 Å². The molecular weight excluding hydrogens is 750 g/mol. The van der Waals surface area contributed by atoms with Gasteiger partial charge in [-0.15, -0.1) is 0 Å². The molecule has 16 heteroatoms. The molecule has 0 aliphatic carbocycles. The average Bonchev–Trinajstić information content (AvgIpc) is 3.91. The molecule has 57 heavy (non-hydrogen) atoms. The minimum Gasteiger partial charge on any atom is -0.445 e. The highest BCUT2D eigenvalue weighted by Gasteiger charge is 2.38. The number of fused-ring (bicyclic) bond motifs is 1. The first kappa shape index (κ1) is 41.5. The third-order valence-corrected chi connectivity index (χ3v) is 11.0. The number of carbonyl (C=O) groups excluding carboxylic acids is 4. The molecule has 2 aliphatic heterocycles. The lowest BCUT2D eigenvalue weighted by Gasteiger charge is -2.39. The van der Waals surface area contributed by atoms with Crippen LogP contribution in [0.15, 0.2) is 72.1 Å². The molecule has 2 aliphatic rings. The van der Waals surface area contributed by atoms with Gasteiger partial charge >= 0.3 is 0 Å². The lowest BCUT2D eigenvalue weighted by atomic mass is 9.80. The zero-order valence-corrected chi connectivity index (χ0v) is 33.0. The molecule has 1 atom stereocenters. The fraction of sp³-hybridized carbons (Fsp3) is 0.463. The minimum atomic E-state index is -0.862. The van der Waals surface area contributed by atoms with Crippen molar-refractivity contribution in [3.05, 3.63) is 84.0 Å². The number of carbonyl (C=O) groups is 4. The summed E-state index contributed by atoms with van der Waals surface area (Å²) in [6.07, 6.45) is 8.28. The highest BCUT2D eigenvalue weighted by molar-refractivity contribution is 6.30.